The van der Waals surface area contributed by atoms with E-state index in [0.29, 0.717) is 38.3 Å². The highest BCUT2D eigenvalue weighted by atomic mass is 32.1. The minimum Gasteiger partial charge on any atom is -0.465 e. The van der Waals surface area contributed by atoms with Gasteiger partial charge >= 0.3 is 6.09 Å². The monoisotopic (exact) mass is 721 g/mol. The number of nitrogens with zero attached hydrogens (tertiary/aromatic N) is 5. The van der Waals surface area contributed by atoms with E-state index >= 15 is 0 Å². The molecule has 12 nitrogen and oxygen atoms in total. The highest BCUT2D eigenvalue weighted by Crippen LogP contribution is 2.23. The van der Waals surface area contributed by atoms with E-state index in [0.717, 1.165) is 21.0 Å². The van der Waals surface area contributed by atoms with Gasteiger partial charge in [0, 0.05) is 62.0 Å². The van der Waals surface area contributed by atoms with E-state index in [-0.39, 0.29) is 30.8 Å². The van der Waals surface area contributed by atoms with Gasteiger partial charge in [0.15, 0.2) is 0 Å². The average molecular weight is 722 g/mol. The first kappa shape index (κ1) is 39.9. The molecule has 0 saturated carbocycles. The van der Waals surface area contributed by atoms with Gasteiger partial charge in [-0.1, -0.05) is 64.1 Å². The molecule has 1 aliphatic heterocycles. The summed E-state index contributed by atoms with van der Waals surface area (Å²) in [6.07, 6.45) is 1.59. The van der Waals surface area contributed by atoms with Crippen LogP contribution in [0.1, 0.15) is 76.2 Å². The molecule has 0 unspecified atom stereocenters. The number of rotatable bonds is 15. The molecule has 13 heteroatoms. The van der Waals surface area contributed by atoms with Crippen LogP contribution in [-0.2, 0) is 29.1 Å². The third-order valence-corrected chi connectivity index (χ3v) is 10.1. The zero-order chi connectivity index (χ0) is 37.3. The Balaban J connectivity index is 1.56. The normalized spacial score (nSPS) is 17.6. The summed E-state index contributed by atoms with van der Waals surface area (Å²) in [5, 5.41) is 31.1. The lowest BCUT2D eigenvalue weighted by molar-refractivity contribution is -0.133. The van der Waals surface area contributed by atoms with Crippen molar-refractivity contribution in [3.05, 3.63) is 82.1 Å². The first-order valence-electron chi connectivity index (χ1n) is 17.7. The van der Waals surface area contributed by atoms with Gasteiger partial charge in [-0.15, -0.1) is 11.3 Å². The first-order valence-corrected chi connectivity index (χ1v) is 18.6. The first-order chi connectivity index (χ1) is 24.1. The van der Waals surface area contributed by atoms with Crippen LogP contribution in [0.4, 0.5) is 4.79 Å². The van der Waals surface area contributed by atoms with Crippen LogP contribution in [0.25, 0.3) is 0 Å². The van der Waals surface area contributed by atoms with Crippen molar-refractivity contribution in [1.82, 2.24) is 35.3 Å². The van der Waals surface area contributed by atoms with Crippen LogP contribution in [0, 0.1) is 5.92 Å². The molecule has 4 atom stereocenters. The molecule has 2 aromatic heterocycles. The van der Waals surface area contributed by atoms with Gasteiger partial charge in [0.25, 0.3) is 0 Å². The number of hydrogen-bond acceptors (Lipinski definition) is 9. The number of pyridine rings is 1. The Bertz CT molecular complexity index is 1560. The van der Waals surface area contributed by atoms with Crippen molar-refractivity contribution in [3.63, 3.8) is 0 Å². The molecule has 51 heavy (non-hydrogen) atoms. The fraction of sp³-hybridized carbons (Fsp3) is 0.553. The van der Waals surface area contributed by atoms with Crippen molar-refractivity contribution >= 4 is 29.2 Å². The van der Waals surface area contributed by atoms with Gasteiger partial charge < -0.3 is 20.8 Å². The summed E-state index contributed by atoms with van der Waals surface area (Å²) in [6.45, 7) is 15.9. The number of amides is 3. The van der Waals surface area contributed by atoms with Gasteiger partial charge in [-0.2, -0.15) is 0 Å². The second-order valence-electron chi connectivity index (χ2n) is 15.1. The minimum absolute atomic E-state index is 0.0331. The molecule has 0 radical (unpaired) electrons. The molecule has 0 spiro atoms. The van der Waals surface area contributed by atoms with Crippen molar-refractivity contribution in [2.45, 2.75) is 104 Å². The number of aromatic nitrogens is 2. The summed E-state index contributed by atoms with van der Waals surface area (Å²) in [4.78, 5) is 54.7. The lowest BCUT2D eigenvalue weighted by atomic mass is 9.97. The standard InChI is InChI=1S/C38H55N7O5S/c1-25(2)33(45(37(49)50)21-29-24-51-36(40-29)26(3)4)35(48)41-30(18-27-12-9-8-10-13-27)32(46)23-44-17-16-43(20-28-14-11-15-39-19-28)22-31(44)34(47)42-38(5,6)7/h8-15,19,24-26,30-33,46H,16-18,20-23H2,1-7H3,(H,41,48)(H,42,47)(H,49,50)/t30-,31-,32+,33-/m0/s1. The molecule has 278 valence electrons. The number of aliphatic hydroxyl groups excluding tert-OH is 1. The van der Waals surface area contributed by atoms with E-state index in [1.54, 1.807) is 6.20 Å². The minimum atomic E-state index is -1.22. The maximum Gasteiger partial charge on any atom is 0.408 e. The number of aliphatic hydroxyl groups is 1. The number of carbonyl (C=O) groups is 3. The van der Waals surface area contributed by atoms with E-state index in [9.17, 15) is 24.6 Å². The molecule has 3 amide bonds. The van der Waals surface area contributed by atoms with Gasteiger partial charge in [0.05, 0.1) is 29.4 Å². The molecule has 4 N–H and O–H groups in total. The van der Waals surface area contributed by atoms with E-state index in [1.807, 2.05) is 107 Å². The molecule has 1 aromatic carbocycles. The van der Waals surface area contributed by atoms with Crippen LogP contribution in [0.5, 0.6) is 0 Å². The largest absolute Gasteiger partial charge is 0.465 e. The molecule has 0 bridgehead atoms. The van der Waals surface area contributed by atoms with Gasteiger partial charge in [-0.3, -0.25) is 29.3 Å². The van der Waals surface area contributed by atoms with Crippen LogP contribution in [0.3, 0.4) is 0 Å². The number of carboxylic acid groups (broad SMARTS) is 1. The zero-order valence-corrected chi connectivity index (χ0v) is 31.8. The number of β-amino-alcohol motifs (C(OH)–C–C–N with tert-alkyl or cyclic N) is 1. The van der Waals surface area contributed by atoms with Crippen LogP contribution in [0.2, 0.25) is 0 Å². The van der Waals surface area contributed by atoms with E-state index in [4.69, 9.17) is 0 Å². The Morgan fingerprint density at radius 3 is 2.33 bits per heavy atom. The molecule has 3 heterocycles. The lowest BCUT2D eigenvalue weighted by Crippen LogP contribution is -2.63. The molecule has 1 aliphatic rings. The third-order valence-electron chi connectivity index (χ3n) is 8.89. The number of thiazole rings is 1. The number of piperazine rings is 1. The third kappa shape index (κ3) is 11.8. The fourth-order valence-corrected chi connectivity index (χ4v) is 7.23. The van der Waals surface area contributed by atoms with Crippen LogP contribution >= 0.6 is 11.3 Å². The van der Waals surface area contributed by atoms with Gasteiger partial charge in [0.1, 0.15) is 12.1 Å². The molecule has 1 saturated heterocycles. The zero-order valence-electron chi connectivity index (χ0n) is 31.0. The maximum absolute atomic E-state index is 14.1. The van der Waals surface area contributed by atoms with E-state index in [2.05, 4.69) is 25.5 Å². The molecular formula is C38H55N7O5S. The van der Waals surface area contributed by atoms with Crippen molar-refractivity contribution in [2.75, 3.05) is 26.2 Å². The van der Waals surface area contributed by atoms with Gasteiger partial charge in [0.2, 0.25) is 11.8 Å². The number of benzene rings is 1. The lowest BCUT2D eigenvalue weighted by Gasteiger charge is -2.43. The van der Waals surface area contributed by atoms with Crippen LogP contribution < -0.4 is 10.6 Å². The smallest absolute Gasteiger partial charge is 0.408 e. The molecule has 1 fully saturated rings. The van der Waals surface area contributed by atoms with Gasteiger partial charge in [-0.05, 0) is 50.3 Å². The summed E-state index contributed by atoms with van der Waals surface area (Å²) in [5.41, 5.74) is 2.10. The molecular weight excluding hydrogens is 667 g/mol. The summed E-state index contributed by atoms with van der Waals surface area (Å²) >= 11 is 1.47. The topological polar surface area (TPSA) is 151 Å². The number of hydrogen-bond donors (Lipinski definition) is 4. The molecule has 3 aromatic rings. The van der Waals surface area contributed by atoms with Gasteiger partial charge in [-0.25, -0.2) is 9.78 Å². The molecule has 0 aliphatic carbocycles. The van der Waals surface area contributed by atoms with Crippen LogP contribution in [0.15, 0.2) is 60.2 Å². The Labute approximate surface area is 306 Å². The maximum atomic E-state index is 14.1. The van der Waals surface area contributed by atoms with Crippen LogP contribution in [-0.4, -0.2) is 109 Å². The summed E-state index contributed by atoms with van der Waals surface area (Å²) < 4.78 is 0. The Kier molecular flexibility index (Phi) is 14.1. The summed E-state index contributed by atoms with van der Waals surface area (Å²) in [6, 6.07) is 11.1. The summed E-state index contributed by atoms with van der Waals surface area (Å²) in [5.74, 6) is -0.782. The SMILES string of the molecule is CC(C)c1nc(CN(C(=O)O)[C@H](C(=O)N[C@@H](Cc2ccccc2)[C@H](O)CN2CCN(Cc3cccnc3)C[C@H]2C(=O)NC(C)(C)C)C(C)C)cs1. The summed E-state index contributed by atoms with van der Waals surface area (Å²) in [7, 11) is 0. The highest BCUT2D eigenvalue weighted by Gasteiger charge is 2.38. The van der Waals surface area contributed by atoms with Crippen molar-refractivity contribution in [3.8, 4) is 0 Å². The second-order valence-corrected chi connectivity index (χ2v) is 16.0. The number of nitrogens with one attached hydrogen (secondary N) is 2. The average Bonchev–Trinajstić information content (AvgIpc) is 3.54. The van der Waals surface area contributed by atoms with E-state index in [1.165, 1.54) is 11.3 Å². The second kappa shape index (κ2) is 18.0. The highest BCUT2D eigenvalue weighted by molar-refractivity contribution is 7.09. The van der Waals surface area contributed by atoms with Crippen molar-refractivity contribution in [2.24, 2.45) is 5.92 Å². The molecule has 4 rings (SSSR count). The number of carbonyl (C=O) groups excluding carboxylic acids is 2. The Morgan fingerprint density at radius 1 is 1.04 bits per heavy atom. The quantitative estimate of drug-likeness (QED) is 0.180. The fourth-order valence-electron chi connectivity index (χ4n) is 6.40. The predicted molar refractivity (Wildman–Crippen MR) is 199 cm³/mol. The van der Waals surface area contributed by atoms with E-state index < -0.39 is 41.8 Å². The predicted octanol–water partition coefficient (Wildman–Crippen LogP) is 4.36. The Hall–Kier alpha value is -3.91. The van der Waals surface area contributed by atoms with Crippen molar-refractivity contribution < 1.29 is 24.6 Å². The van der Waals surface area contributed by atoms with Crippen molar-refractivity contribution in [1.29, 1.82) is 0 Å². The Morgan fingerprint density at radius 2 is 1.75 bits per heavy atom.